The molecule has 0 saturated carbocycles. The molecule has 0 unspecified atom stereocenters. The Morgan fingerprint density at radius 2 is 2.21 bits per heavy atom. The van der Waals surface area contributed by atoms with Gasteiger partial charge in [-0.1, -0.05) is 19.1 Å². The Hall–Kier alpha value is -2.10. The molecular formula is C15H18N2O2. The van der Waals surface area contributed by atoms with Crippen molar-refractivity contribution in [2.75, 3.05) is 6.61 Å². The number of carbonyl (C=O) groups is 1. The lowest BCUT2D eigenvalue weighted by Gasteiger charge is -2.04. The van der Waals surface area contributed by atoms with E-state index in [2.05, 4.69) is 12.0 Å². The molecule has 0 amide bonds. The summed E-state index contributed by atoms with van der Waals surface area (Å²) in [5.74, 6) is 0.793. The van der Waals surface area contributed by atoms with Crippen LogP contribution in [0.25, 0.3) is 11.3 Å². The molecule has 19 heavy (non-hydrogen) atoms. The molecule has 0 aliphatic carbocycles. The summed E-state index contributed by atoms with van der Waals surface area (Å²) in [5.41, 5.74) is 2.23. The predicted octanol–water partition coefficient (Wildman–Crippen LogP) is 3.17. The first-order valence-electron chi connectivity index (χ1n) is 6.54. The number of aryl methyl sites for hydroxylation is 1. The lowest BCUT2D eigenvalue weighted by Crippen LogP contribution is -1.97. The van der Waals surface area contributed by atoms with Crippen LogP contribution < -0.4 is 4.74 Å². The first-order chi connectivity index (χ1) is 9.28. The Labute approximate surface area is 113 Å². The van der Waals surface area contributed by atoms with E-state index >= 15 is 0 Å². The third-order valence-corrected chi connectivity index (χ3v) is 2.79. The van der Waals surface area contributed by atoms with E-state index in [1.807, 2.05) is 35.9 Å². The lowest BCUT2D eigenvalue weighted by atomic mass is 10.1. The zero-order chi connectivity index (χ0) is 13.7. The number of carbonyl (C=O) groups excluding carboxylic acids is 1. The number of ether oxygens (including phenoxy) is 1. The fourth-order valence-corrected chi connectivity index (χ4v) is 1.99. The maximum atomic E-state index is 11.1. The number of hydrogen-bond acceptors (Lipinski definition) is 3. The Morgan fingerprint density at radius 3 is 2.89 bits per heavy atom. The maximum Gasteiger partial charge on any atom is 0.153 e. The van der Waals surface area contributed by atoms with E-state index in [0.717, 1.165) is 30.6 Å². The van der Waals surface area contributed by atoms with Crippen molar-refractivity contribution >= 4 is 6.29 Å². The van der Waals surface area contributed by atoms with E-state index in [9.17, 15) is 4.79 Å². The summed E-state index contributed by atoms with van der Waals surface area (Å²) < 4.78 is 7.28. The topological polar surface area (TPSA) is 44.1 Å². The van der Waals surface area contributed by atoms with Crippen molar-refractivity contribution in [3.05, 3.63) is 36.0 Å². The van der Waals surface area contributed by atoms with Crippen LogP contribution >= 0.6 is 0 Å². The van der Waals surface area contributed by atoms with E-state index in [1.165, 1.54) is 0 Å². The molecular weight excluding hydrogens is 240 g/mol. The third-order valence-electron chi connectivity index (χ3n) is 2.79. The van der Waals surface area contributed by atoms with Gasteiger partial charge >= 0.3 is 0 Å². The minimum absolute atomic E-state index is 0.613. The van der Waals surface area contributed by atoms with Gasteiger partial charge in [-0.25, -0.2) is 0 Å². The van der Waals surface area contributed by atoms with Crippen LogP contribution in [0.2, 0.25) is 0 Å². The van der Waals surface area contributed by atoms with Crippen LogP contribution in [-0.4, -0.2) is 22.7 Å². The molecule has 0 aliphatic rings. The molecule has 0 N–H and O–H groups in total. The van der Waals surface area contributed by atoms with Gasteiger partial charge in [0.2, 0.25) is 0 Å². The highest BCUT2D eigenvalue weighted by atomic mass is 16.5. The number of rotatable bonds is 6. The summed E-state index contributed by atoms with van der Waals surface area (Å²) in [4.78, 5) is 11.1. The van der Waals surface area contributed by atoms with Crippen LogP contribution in [0.5, 0.6) is 5.75 Å². The molecule has 0 saturated heterocycles. The molecule has 0 atom stereocenters. The summed E-state index contributed by atoms with van der Waals surface area (Å²) in [6.45, 7) is 5.46. The Bertz CT molecular complexity index is 561. The van der Waals surface area contributed by atoms with Gasteiger partial charge in [0.1, 0.15) is 11.4 Å². The summed E-state index contributed by atoms with van der Waals surface area (Å²) in [5, 5.41) is 4.47. The number of hydrogen-bond donors (Lipinski definition) is 0. The SMILES string of the molecule is CCCn1cc(C=O)c(-c2cccc(OCC)c2)n1. The number of aldehydes is 1. The quantitative estimate of drug-likeness (QED) is 0.747. The van der Waals surface area contributed by atoms with Gasteiger partial charge in [0.15, 0.2) is 6.29 Å². The molecule has 2 rings (SSSR count). The van der Waals surface area contributed by atoms with Crippen LogP contribution in [0.1, 0.15) is 30.6 Å². The van der Waals surface area contributed by atoms with E-state index in [1.54, 1.807) is 6.20 Å². The zero-order valence-corrected chi connectivity index (χ0v) is 11.3. The zero-order valence-electron chi connectivity index (χ0n) is 11.3. The van der Waals surface area contributed by atoms with Gasteiger partial charge in [0, 0.05) is 18.3 Å². The number of aromatic nitrogens is 2. The van der Waals surface area contributed by atoms with E-state index in [0.29, 0.717) is 17.9 Å². The summed E-state index contributed by atoms with van der Waals surface area (Å²) >= 11 is 0. The minimum atomic E-state index is 0.613. The van der Waals surface area contributed by atoms with Gasteiger partial charge in [-0.3, -0.25) is 9.48 Å². The molecule has 0 spiro atoms. The molecule has 0 radical (unpaired) electrons. The van der Waals surface area contributed by atoms with Gasteiger partial charge in [0.05, 0.1) is 12.2 Å². The van der Waals surface area contributed by atoms with Gasteiger partial charge in [0.25, 0.3) is 0 Å². The molecule has 4 heteroatoms. The third kappa shape index (κ3) is 3.02. The normalized spacial score (nSPS) is 10.4. The van der Waals surface area contributed by atoms with Gasteiger partial charge in [-0.05, 0) is 25.5 Å². The number of nitrogens with zero attached hydrogens (tertiary/aromatic N) is 2. The highest BCUT2D eigenvalue weighted by Gasteiger charge is 2.11. The smallest absolute Gasteiger partial charge is 0.153 e. The lowest BCUT2D eigenvalue weighted by molar-refractivity contribution is 0.112. The van der Waals surface area contributed by atoms with Crippen molar-refractivity contribution in [2.24, 2.45) is 0 Å². The van der Waals surface area contributed by atoms with Crippen molar-refractivity contribution in [2.45, 2.75) is 26.8 Å². The van der Waals surface area contributed by atoms with Crippen molar-refractivity contribution in [3.8, 4) is 17.0 Å². The molecule has 0 fully saturated rings. The van der Waals surface area contributed by atoms with Crippen LogP contribution in [0.4, 0.5) is 0 Å². The van der Waals surface area contributed by atoms with E-state index < -0.39 is 0 Å². The second-order valence-electron chi connectivity index (χ2n) is 4.27. The van der Waals surface area contributed by atoms with Crippen LogP contribution in [0.3, 0.4) is 0 Å². The predicted molar refractivity (Wildman–Crippen MR) is 74.5 cm³/mol. The van der Waals surface area contributed by atoms with Gasteiger partial charge < -0.3 is 4.74 Å². The molecule has 4 nitrogen and oxygen atoms in total. The average molecular weight is 258 g/mol. The second kappa shape index (κ2) is 6.18. The Kier molecular flexibility index (Phi) is 4.34. The number of benzene rings is 1. The van der Waals surface area contributed by atoms with Crippen molar-refractivity contribution in [1.29, 1.82) is 0 Å². The molecule has 0 aliphatic heterocycles. The summed E-state index contributed by atoms with van der Waals surface area (Å²) in [7, 11) is 0. The summed E-state index contributed by atoms with van der Waals surface area (Å²) in [6, 6.07) is 7.66. The fraction of sp³-hybridized carbons (Fsp3) is 0.333. The van der Waals surface area contributed by atoms with Gasteiger partial charge in [-0.2, -0.15) is 5.10 Å². The molecule has 0 bridgehead atoms. The first-order valence-corrected chi connectivity index (χ1v) is 6.54. The minimum Gasteiger partial charge on any atom is -0.494 e. The highest BCUT2D eigenvalue weighted by Crippen LogP contribution is 2.25. The molecule has 1 heterocycles. The first kappa shape index (κ1) is 13.3. The Morgan fingerprint density at radius 1 is 1.37 bits per heavy atom. The van der Waals surface area contributed by atoms with Crippen molar-refractivity contribution in [1.82, 2.24) is 9.78 Å². The second-order valence-corrected chi connectivity index (χ2v) is 4.27. The standard InChI is InChI=1S/C15H18N2O2/c1-3-8-17-10-13(11-18)15(16-17)12-6-5-7-14(9-12)19-4-2/h5-7,9-11H,3-4,8H2,1-2H3. The largest absolute Gasteiger partial charge is 0.494 e. The van der Waals surface area contributed by atoms with Crippen LogP contribution in [0.15, 0.2) is 30.5 Å². The molecule has 1 aromatic heterocycles. The van der Waals surface area contributed by atoms with Crippen molar-refractivity contribution in [3.63, 3.8) is 0 Å². The van der Waals surface area contributed by atoms with Crippen molar-refractivity contribution < 1.29 is 9.53 Å². The molecule has 1 aromatic carbocycles. The average Bonchev–Trinajstić information content (AvgIpc) is 2.83. The van der Waals surface area contributed by atoms with E-state index in [-0.39, 0.29) is 0 Å². The highest BCUT2D eigenvalue weighted by molar-refractivity contribution is 5.85. The molecule has 2 aromatic rings. The summed E-state index contributed by atoms with van der Waals surface area (Å²) in [6.07, 6.45) is 3.62. The van der Waals surface area contributed by atoms with Crippen LogP contribution in [0, 0.1) is 0 Å². The van der Waals surface area contributed by atoms with Gasteiger partial charge in [-0.15, -0.1) is 0 Å². The Balaban J connectivity index is 2.39. The van der Waals surface area contributed by atoms with E-state index in [4.69, 9.17) is 4.74 Å². The monoisotopic (exact) mass is 258 g/mol. The molecule has 100 valence electrons. The maximum absolute atomic E-state index is 11.1. The van der Waals surface area contributed by atoms with Crippen LogP contribution in [-0.2, 0) is 6.54 Å². The fourth-order valence-electron chi connectivity index (χ4n) is 1.99.